The number of benzene rings is 1. The van der Waals surface area contributed by atoms with Crippen molar-refractivity contribution in [1.29, 1.82) is 0 Å². The van der Waals surface area contributed by atoms with Crippen LogP contribution in [0.25, 0.3) is 10.9 Å². The van der Waals surface area contributed by atoms with Crippen molar-refractivity contribution in [1.82, 2.24) is 15.1 Å². The van der Waals surface area contributed by atoms with Crippen molar-refractivity contribution < 1.29 is 14.3 Å². The second-order valence-electron chi connectivity index (χ2n) is 5.00. The highest BCUT2D eigenvalue weighted by Crippen LogP contribution is 2.13. The van der Waals surface area contributed by atoms with Gasteiger partial charge in [-0.1, -0.05) is 12.1 Å². The average Bonchev–Trinajstić information content (AvgIpc) is 3.10. The van der Waals surface area contributed by atoms with E-state index < -0.39 is 6.04 Å². The summed E-state index contributed by atoms with van der Waals surface area (Å²) in [6.45, 7) is -0.352. The molecule has 0 aliphatic heterocycles. The molecule has 2 aromatic heterocycles. The Morgan fingerprint density at radius 3 is 2.87 bits per heavy atom. The molecule has 0 saturated carbocycles. The van der Waals surface area contributed by atoms with Gasteiger partial charge in [-0.05, 0) is 24.3 Å². The molecule has 23 heavy (non-hydrogen) atoms. The molecule has 0 fully saturated rings. The van der Waals surface area contributed by atoms with Crippen molar-refractivity contribution in [3.05, 3.63) is 64.8 Å². The molecule has 2 heterocycles. The predicted octanol–water partition coefficient (Wildman–Crippen LogP) is 0.839. The summed E-state index contributed by atoms with van der Waals surface area (Å²) in [5.74, 6) is 0.125. The Morgan fingerprint density at radius 2 is 2.13 bits per heavy atom. The molecule has 7 nitrogen and oxygen atoms in total. The van der Waals surface area contributed by atoms with Crippen LogP contribution in [0.4, 0.5) is 0 Å². The van der Waals surface area contributed by atoms with Gasteiger partial charge in [0.15, 0.2) is 0 Å². The van der Waals surface area contributed by atoms with Crippen molar-refractivity contribution in [3.8, 4) is 0 Å². The minimum Gasteiger partial charge on any atom is -0.467 e. The van der Waals surface area contributed by atoms with Gasteiger partial charge in [-0.2, -0.15) is 5.10 Å². The molecule has 1 aromatic carbocycles. The molecule has 0 saturated heterocycles. The van der Waals surface area contributed by atoms with Gasteiger partial charge in [0.2, 0.25) is 11.3 Å². The van der Waals surface area contributed by atoms with Crippen molar-refractivity contribution in [2.45, 2.75) is 12.6 Å². The van der Waals surface area contributed by atoms with Crippen molar-refractivity contribution in [2.24, 2.45) is 0 Å². The SMILES string of the molecule is O=C(Cn1ncc(=O)c2ccccc21)NC(CO)c1ccco1. The van der Waals surface area contributed by atoms with E-state index in [1.165, 1.54) is 17.1 Å². The molecule has 2 N–H and O–H groups in total. The molecule has 1 amide bonds. The molecule has 1 atom stereocenters. The number of carbonyl (C=O) groups excluding carboxylic acids is 1. The van der Waals surface area contributed by atoms with Crippen LogP contribution in [-0.2, 0) is 11.3 Å². The van der Waals surface area contributed by atoms with Gasteiger partial charge in [0.25, 0.3) is 0 Å². The second-order valence-corrected chi connectivity index (χ2v) is 5.00. The van der Waals surface area contributed by atoms with Crippen LogP contribution >= 0.6 is 0 Å². The molecular weight excluding hydrogens is 298 g/mol. The molecule has 1 unspecified atom stereocenters. The number of amides is 1. The minimum atomic E-state index is -0.622. The third-order valence-electron chi connectivity index (χ3n) is 3.46. The molecule has 0 radical (unpaired) electrons. The zero-order valence-electron chi connectivity index (χ0n) is 12.2. The summed E-state index contributed by atoms with van der Waals surface area (Å²) in [6, 6.07) is 9.68. The lowest BCUT2D eigenvalue weighted by molar-refractivity contribution is -0.123. The van der Waals surface area contributed by atoms with Crippen LogP contribution in [0.15, 0.2) is 58.1 Å². The third-order valence-corrected chi connectivity index (χ3v) is 3.46. The first-order valence-corrected chi connectivity index (χ1v) is 7.07. The zero-order chi connectivity index (χ0) is 16.2. The van der Waals surface area contributed by atoms with Crippen LogP contribution < -0.4 is 10.7 Å². The molecule has 0 aliphatic rings. The molecule has 7 heteroatoms. The smallest absolute Gasteiger partial charge is 0.242 e. The van der Waals surface area contributed by atoms with Crippen LogP contribution in [0.3, 0.4) is 0 Å². The predicted molar refractivity (Wildman–Crippen MR) is 82.7 cm³/mol. The van der Waals surface area contributed by atoms with Crippen molar-refractivity contribution in [2.75, 3.05) is 6.61 Å². The lowest BCUT2D eigenvalue weighted by atomic mass is 10.2. The summed E-state index contributed by atoms with van der Waals surface area (Å²) in [6.07, 6.45) is 2.66. The maximum Gasteiger partial charge on any atom is 0.242 e. The van der Waals surface area contributed by atoms with Gasteiger partial charge < -0.3 is 14.8 Å². The van der Waals surface area contributed by atoms with Crippen molar-refractivity contribution in [3.63, 3.8) is 0 Å². The monoisotopic (exact) mass is 313 g/mol. The molecule has 3 aromatic rings. The average molecular weight is 313 g/mol. The highest BCUT2D eigenvalue weighted by atomic mass is 16.3. The number of rotatable bonds is 5. The standard InChI is InChI=1S/C16H15N3O4/c20-10-12(15-6-3-7-23-15)18-16(22)9-19-13-5-2-1-4-11(13)14(21)8-17-19/h1-8,12,20H,9-10H2,(H,18,22). The Hall–Kier alpha value is -2.93. The summed E-state index contributed by atoms with van der Waals surface area (Å²) in [5.41, 5.74) is 0.384. The second kappa shape index (κ2) is 6.45. The summed E-state index contributed by atoms with van der Waals surface area (Å²) in [7, 11) is 0. The van der Waals surface area contributed by atoms with E-state index in [0.29, 0.717) is 16.7 Å². The van der Waals surface area contributed by atoms with Gasteiger partial charge >= 0.3 is 0 Å². The number of carbonyl (C=O) groups is 1. The Morgan fingerprint density at radius 1 is 1.30 bits per heavy atom. The van der Waals surface area contributed by atoms with Crippen LogP contribution in [0.5, 0.6) is 0 Å². The number of aliphatic hydroxyl groups excluding tert-OH is 1. The maximum atomic E-state index is 12.2. The number of hydrogen-bond donors (Lipinski definition) is 2. The van der Waals surface area contributed by atoms with Gasteiger partial charge in [-0.25, -0.2) is 0 Å². The van der Waals surface area contributed by atoms with Crippen LogP contribution in [0.2, 0.25) is 0 Å². The maximum absolute atomic E-state index is 12.2. The first kappa shape index (κ1) is 15.0. The fourth-order valence-corrected chi connectivity index (χ4v) is 2.36. The summed E-state index contributed by atoms with van der Waals surface area (Å²) < 4.78 is 6.63. The highest BCUT2D eigenvalue weighted by molar-refractivity contribution is 5.81. The number of furan rings is 1. The Balaban J connectivity index is 1.81. The molecule has 0 aliphatic carbocycles. The van der Waals surface area contributed by atoms with E-state index in [2.05, 4.69) is 10.4 Å². The number of para-hydroxylation sites is 1. The molecular formula is C16H15N3O4. The van der Waals surface area contributed by atoms with Gasteiger partial charge in [-0.3, -0.25) is 14.3 Å². The van der Waals surface area contributed by atoms with E-state index >= 15 is 0 Å². The summed E-state index contributed by atoms with van der Waals surface area (Å²) in [5, 5.41) is 16.6. The van der Waals surface area contributed by atoms with Gasteiger partial charge in [-0.15, -0.1) is 0 Å². The van der Waals surface area contributed by atoms with Gasteiger partial charge in [0.1, 0.15) is 18.3 Å². The quantitative estimate of drug-likeness (QED) is 0.727. The number of hydrogen-bond acceptors (Lipinski definition) is 5. The van der Waals surface area contributed by atoms with Crippen LogP contribution in [0.1, 0.15) is 11.8 Å². The number of nitrogens with one attached hydrogen (secondary N) is 1. The van der Waals surface area contributed by atoms with E-state index in [-0.39, 0.29) is 24.5 Å². The Kier molecular flexibility index (Phi) is 4.20. The van der Waals surface area contributed by atoms with Gasteiger partial charge in [0, 0.05) is 5.39 Å². The highest BCUT2D eigenvalue weighted by Gasteiger charge is 2.17. The topological polar surface area (TPSA) is 97.4 Å². The summed E-state index contributed by atoms with van der Waals surface area (Å²) in [4.78, 5) is 24.0. The minimum absolute atomic E-state index is 0.0714. The fraction of sp³-hybridized carbons (Fsp3) is 0.188. The molecule has 118 valence electrons. The molecule has 3 rings (SSSR count). The Bertz CT molecular complexity index is 870. The fourth-order valence-electron chi connectivity index (χ4n) is 2.36. The van der Waals surface area contributed by atoms with E-state index in [4.69, 9.17) is 4.42 Å². The zero-order valence-corrected chi connectivity index (χ0v) is 12.2. The number of aliphatic hydroxyl groups is 1. The summed E-state index contributed by atoms with van der Waals surface area (Å²) >= 11 is 0. The first-order chi connectivity index (χ1) is 11.2. The first-order valence-electron chi connectivity index (χ1n) is 7.07. The Labute approximate surface area is 131 Å². The molecule has 0 spiro atoms. The van der Waals surface area contributed by atoms with Crippen LogP contribution in [-0.4, -0.2) is 27.4 Å². The third kappa shape index (κ3) is 3.14. The number of fused-ring (bicyclic) bond motifs is 1. The van der Waals surface area contributed by atoms with E-state index in [9.17, 15) is 14.7 Å². The normalized spacial score (nSPS) is 12.2. The van der Waals surface area contributed by atoms with Crippen LogP contribution in [0, 0.1) is 0 Å². The van der Waals surface area contributed by atoms with E-state index in [1.807, 2.05) is 0 Å². The van der Waals surface area contributed by atoms with Gasteiger partial charge in [0.05, 0.1) is 24.6 Å². The molecule has 0 bridgehead atoms. The number of aromatic nitrogens is 2. The van der Waals surface area contributed by atoms with E-state index in [0.717, 1.165) is 0 Å². The largest absolute Gasteiger partial charge is 0.467 e. The lowest BCUT2D eigenvalue weighted by Gasteiger charge is -2.15. The number of nitrogens with zero attached hydrogens (tertiary/aromatic N) is 2. The van der Waals surface area contributed by atoms with Crippen molar-refractivity contribution >= 4 is 16.8 Å². The lowest BCUT2D eigenvalue weighted by Crippen LogP contribution is -2.34. The van der Waals surface area contributed by atoms with E-state index in [1.54, 1.807) is 36.4 Å².